The van der Waals surface area contributed by atoms with E-state index in [0.717, 1.165) is 12.8 Å². The normalized spacial score (nSPS) is 36.1. The predicted molar refractivity (Wildman–Crippen MR) is 33.9 cm³/mol. The highest BCUT2D eigenvalue weighted by Crippen LogP contribution is 2.25. The summed E-state index contributed by atoms with van der Waals surface area (Å²) in [6, 6.07) is 0. The molecule has 1 saturated heterocycles. The molecule has 1 fully saturated rings. The van der Waals surface area contributed by atoms with Crippen LogP contribution in [0.4, 0.5) is 0 Å². The van der Waals surface area contributed by atoms with Crippen molar-refractivity contribution in [2.75, 3.05) is 0 Å². The Bertz CT molecular complexity index is 86.5. The van der Waals surface area contributed by atoms with Crippen molar-refractivity contribution >= 4 is 11.6 Å². The van der Waals surface area contributed by atoms with Gasteiger partial charge in [-0.15, -0.1) is 6.58 Å². The van der Waals surface area contributed by atoms with Gasteiger partial charge in [0.05, 0.1) is 6.10 Å². The first-order valence-electron chi connectivity index (χ1n) is 2.73. The van der Waals surface area contributed by atoms with Gasteiger partial charge in [-0.05, 0) is 6.42 Å². The topological polar surface area (TPSA) is 9.23 Å². The highest BCUT2D eigenvalue weighted by Gasteiger charge is 2.26. The minimum Gasteiger partial charge on any atom is -0.359 e. The van der Waals surface area contributed by atoms with Gasteiger partial charge in [-0.25, -0.2) is 0 Å². The molecule has 0 aromatic heterocycles. The van der Waals surface area contributed by atoms with E-state index < -0.39 is 0 Å². The molecule has 1 aliphatic rings. The van der Waals surface area contributed by atoms with Crippen molar-refractivity contribution in [2.24, 2.45) is 0 Å². The lowest BCUT2D eigenvalue weighted by atomic mass is 10.1. The molecular weight excluding hydrogens is 124 g/mol. The van der Waals surface area contributed by atoms with Crippen molar-refractivity contribution in [3.8, 4) is 0 Å². The molecule has 0 spiro atoms. The van der Waals surface area contributed by atoms with Crippen molar-refractivity contribution in [2.45, 2.75) is 24.5 Å². The SMILES string of the molecule is C=CCC1CC(Cl)O1. The van der Waals surface area contributed by atoms with Crippen LogP contribution in [0.25, 0.3) is 0 Å². The molecule has 0 aromatic carbocycles. The molecule has 1 aliphatic heterocycles. The third-order valence-electron chi connectivity index (χ3n) is 1.22. The molecule has 8 heavy (non-hydrogen) atoms. The first-order valence-corrected chi connectivity index (χ1v) is 3.17. The van der Waals surface area contributed by atoms with Gasteiger partial charge >= 0.3 is 0 Å². The van der Waals surface area contributed by atoms with E-state index in [2.05, 4.69) is 6.58 Å². The maximum atomic E-state index is 5.52. The van der Waals surface area contributed by atoms with E-state index in [1.165, 1.54) is 0 Å². The monoisotopic (exact) mass is 132 g/mol. The molecule has 1 nitrogen and oxygen atoms in total. The van der Waals surface area contributed by atoms with E-state index in [1.54, 1.807) is 0 Å². The molecule has 2 unspecified atom stereocenters. The molecule has 0 bridgehead atoms. The van der Waals surface area contributed by atoms with Crippen LogP contribution in [0.1, 0.15) is 12.8 Å². The lowest BCUT2D eigenvalue weighted by Gasteiger charge is -2.30. The summed E-state index contributed by atoms with van der Waals surface area (Å²) in [5.41, 5.74) is -0.0278. The molecule has 2 atom stereocenters. The maximum Gasteiger partial charge on any atom is 0.134 e. The number of hydrogen-bond donors (Lipinski definition) is 0. The summed E-state index contributed by atoms with van der Waals surface area (Å²) in [6.07, 6.45) is 4.12. The van der Waals surface area contributed by atoms with Crippen LogP contribution in [0, 0.1) is 0 Å². The van der Waals surface area contributed by atoms with Gasteiger partial charge in [0.15, 0.2) is 0 Å². The van der Waals surface area contributed by atoms with E-state index in [9.17, 15) is 0 Å². The zero-order chi connectivity index (χ0) is 5.98. The first-order chi connectivity index (χ1) is 3.83. The van der Waals surface area contributed by atoms with Gasteiger partial charge in [0.2, 0.25) is 0 Å². The van der Waals surface area contributed by atoms with Crippen LogP contribution in [0.2, 0.25) is 0 Å². The fraction of sp³-hybridized carbons (Fsp3) is 0.667. The van der Waals surface area contributed by atoms with Crippen molar-refractivity contribution in [1.82, 2.24) is 0 Å². The van der Waals surface area contributed by atoms with E-state index in [0.29, 0.717) is 6.10 Å². The second-order valence-electron chi connectivity index (χ2n) is 1.93. The van der Waals surface area contributed by atoms with Gasteiger partial charge in [-0.2, -0.15) is 0 Å². The van der Waals surface area contributed by atoms with Crippen LogP contribution < -0.4 is 0 Å². The summed E-state index contributed by atoms with van der Waals surface area (Å²) in [5.74, 6) is 0. The largest absolute Gasteiger partial charge is 0.359 e. The van der Waals surface area contributed by atoms with E-state index in [-0.39, 0.29) is 5.56 Å². The summed E-state index contributed by atoms with van der Waals surface area (Å²) in [4.78, 5) is 0. The molecule has 46 valence electrons. The van der Waals surface area contributed by atoms with Crippen LogP contribution in [0.3, 0.4) is 0 Å². The van der Waals surface area contributed by atoms with E-state index in [1.807, 2.05) is 6.08 Å². The third kappa shape index (κ3) is 1.23. The zero-order valence-electron chi connectivity index (χ0n) is 4.64. The van der Waals surface area contributed by atoms with Crippen LogP contribution in [-0.4, -0.2) is 11.7 Å². The summed E-state index contributed by atoms with van der Waals surface area (Å²) < 4.78 is 5.07. The Morgan fingerprint density at radius 3 is 2.88 bits per heavy atom. The van der Waals surface area contributed by atoms with Crippen LogP contribution in [0.15, 0.2) is 12.7 Å². The Labute approximate surface area is 54.3 Å². The van der Waals surface area contributed by atoms with Crippen molar-refractivity contribution in [3.05, 3.63) is 12.7 Å². The van der Waals surface area contributed by atoms with Crippen LogP contribution >= 0.6 is 11.6 Å². The van der Waals surface area contributed by atoms with Gasteiger partial charge in [0, 0.05) is 6.42 Å². The lowest BCUT2D eigenvalue weighted by molar-refractivity contribution is -0.0752. The lowest BCUT2D eigenvalue weighted by Crippen LogP contribution is -2.32. The summed E-state index contributed by atoms with van der Waals surface area (Å²) >= 11 is 5.52. The summed E-state index contributed by atoms with van der Waals surface area (Å²) in [6.45, 7) is 3.58. The molecule has 0 amide bonds. The van der Waals surface area contributed by atoms with Gasteiger partial charge < -0.3 is 4.74 Å². The molecule has 0 saturated carbocycles. The van der Waals surface area contributed by atoms with Gasteiger partial charge in [-0.1, -0.05) is 17.7 Å². The third-order valence-corrected chi connectivity index (χ3v) is 1.50. The van der Waals surface area contributed by atoms with Crippen molar-refractivity contribution < 1.29 is 4.74 Å². The number of ether oxygens (including phenoxy) is 1. The Hall–Kier alpha value is -0.0100. The predicted octanol–water partition coefficient (Wildman–Crippen LogP) is 1.92. The number of halogens is 1. The molecule has 1 heterocycles. The Kier molecular flexibility index (Phi) is 1.92. The summed E-state index contributed by atoms with van der Waals surface area (Å²) in [5, 5.41) is 0. The van der Waals surface area contributed by atoms with Crippen LogP contribution in [-0.2, 0) is 4.74 Å². The average Bonchev–Trinajstić information content (AvgIpc) is 1.64. The fourth-order valence-electron chi connectivity index (χ4n) is 0.742. The number of rotatable bonds is 2. The maximum absolute atomic E-state index is 5.52. The van der Waals surface area contributed by atoms with Gasteiger partial charge in [-0.3, -0.25) is 0 Å². The minimum absolute atomic E-state index is 0.0278. The molecule has 1 rings (SSSR count). The number of hydrogen-bond acceptors (Lipinski definition) is 1. The standard InChI is InChI=1S/C6H9ClO/c1-2-3-5-4-6(7)8-5/h2,5-6H,1,3-4H2. The Morgan fingerprint density at radius 2 is 2.50 bits per heavy atom. The minimum atomic E-state index is -0.0278. The average molecular weight is 133 g/mol. The molecule has 0 aromatic rings. The van der Waals surface area contributed by atoms with Crippen LogP contribution in [0.5, 0.6) is 0 Å². The first kappa shape index (κ1) is 6.12. The molecule has 0 radical (unpaired) electrons. The van der Waals surface area contributed by atoms with E-state index in [4.69, 9.17) is 16.3 Å². The van der Waals surface area contributed by atoms with Gasteiger partial charge in [0.1, 0.15) is 5.56 Å². The highest BCUT2D eigenvalue weighted by atomic mass is 35.5. The Morgan fingerprint density at radius 1 is 1.88 bits per heavy atom. The van der Waals surface area contributed by atoms with E-state index >= 15 is 0 Å². The second kappa shape index (κ2) is 2.51. The fourth-order valence-corrected chi connectivity index (χ4v) is 1.09. The molecule has 0 N–H and O–H groups in total. The highest BCUT2D eigenvalue weighted by molar-refractivity contribution is 6.20. The smallest absolute Gasteiger partial charge is 0.134 e. The summed E-state index contributed by atoms with van der Waals surface area (Å²) in [7, 11) is 0. The quantitative estimate of drug-likeness (QED) is 0.412. The zero-order valence-corrected chi connectivity index (χ0v) is 5.40. The second-order valence-corrected chi connectivity index (χ2v) is 2.42. The number of alkyl halides is 1. The van der Waals surface area contributed by atoms with Crippen molar-refractivity contribution in [3.63, 3.8) is 0 Å². The van der Waals surface area contributed by atoms with Crippen molar-refractivity contribution in [1.29, 1.82) is 0 Å². The van der Waals surface area contributed by atoms with Gasteiger partial charge in [0.25, 0.3) is 0 Å². The molecule has 0 aliphatic carbocycles. The Balaban J connectivity index is 2.06. The molecule has 2 heteroatoms. The molecular formula is C6H9ClO.